The number of phenolic OH excluding ortho intramolecular Hbond substituents is 1. The molecule has 1 aromatic rings. The Morgan fingerprint density at radius 1 is 1.21 bits per heavy atom. The van der Waals surface area contributed by atoms with Gasteiger partial charge in [0, 0.05) is 12.1 Å². The summed E-state index contributed by atoms with van der Waals surface area (Å²) in [4.78, 5) is 2.27. The average Bonchev–Trinajstić information content (AvgIpc) is 2.15. The highest BCUT2D eigenvalue weighted by atomic mass is 16.3. The molecule has 2 heteroatoms. The highest BCUT2D eigenvalue weighted by Gasteiger charge is 2.14. The van der Waals surface area contributed by atoms with E-state index < -0.39 is 0 Å². The van der Waals surface area contributed by atoms with E-state index in [1.165, 1.54) is 0 Å². The summed E-state index contributed by atoms with van der Waals surface area (Å²) in [6.07, 6.45) is 0. The molecule has 0 aliphatic rings. The third-order valence-corrected chi connectivity index (χ3v) is 2.78. The van der Waals surface area contributed by atoms with Crippen LogP contribution in [0.2, 0.25) is 0 Å². The van der Waals surface area contributed by atoms with Crippen LogP contribution in [0.4, 0.5) is 0 Å². The Bertz CT molecular complexity index is 296. The minimum absolute atomic E-state index is 0.335. The van der Waals surface area contributed by atoms with Crippen molar-refractivity contribution in [3.05, 3.63) is 29.8 Å². The number of hydrogen-bond acceptors (Lipinski definition) is 2. The molecule has 0 aliphatic carbocycles. The van der Waals surface area contributed by atoms with Crippen molar-refractivity contribution in [3.63, 3.8) is 0 Å². The summed E-state index contributed by atoms with van der Waals surface area (Å²) in [6.45, 7) is 6.48. The van der Waals surface area contributed by atoms with Crippen LogP contribution >= 0.6 is 0 Å². The molecule has 1 aromatic carbocycles. The van der Waals surface area contributed by atoms with Gasteiger partial charge in [-0.2, -0.15) is 0 Å². The predicted octanol–water partition coefficient (Wildman–Crippen LogP) is 2.79. The number of rotatable bonds is 3. The van der Waals surface area contributed by atoms with Crippen LogP contribution in [0.5, 0.6) is 5.75 Å². The molecule has 0 bridgehead atoms. The molecule has 0 saturated heterocycles. The fourth-order valence-corrected chi connectivity index (χ4v) is 1.47. The molecular formula is C12H19NO. The van der Waals surface area contributed by atoms with Crippen molar-refractivity contribution in [1.29, 1.82) is 0 Å². The minimum atomic E-state index is 0.335. The van der Waals surface area contributed by atoms with Gasteiger partial charge in [0.1, 0.15) is 5.75 Å². The third-order valence-electron chi connectivity index (χ3n) is 2.78. The van der Waals surface area contributed by atoms with Crippen molar-refractivity contribution >= 4 is 0 Å². The van der Waals surface area contributed by atoms with Crippen LogP contribution < -0.4 is 0 Å². The van der Waals surface area contributed by atoms with Crippen LogP contribution in [-0.2, 0) is 0 Å². The topological polar surface area (TPSA) is 23.5 Å². The van der Waals surface area contributed by atoms with E-state index in [2.05, 4.69) is 32.7 Å². The number of phenols is 1. The van der Waals surface area contributed by atoms with E-state index >= 15 is 0 Å². The van der Waals surface area contributed by atoms with Crippen molar-refractivity contribution < 1.29 is 5.11 Å². The summed E-state index contributed by atoms with van der Waals surface area (Å²) in [6, 6.07) is 8.29. The van der Waals surface area contributed by atoms with E-state index in [4.69, 9.17) is 0 Å². The van der Waals surface area contributed by atoms with Gasteiger partial charge in [-0.3, -0.25) is 4.90 Å². The van der Waals surface area contributed by atoms with Crippen LogP contribution in [-0.4, -0.2) is 23.1 Å². The summed E-state index contributed by atoms with van der Waals surface area (Å²) < 4.78 is 0. The van der Waals surface area contributed by atoms with Crippen LogP contribution in [0.15, 0.2) is 24.3 Å². The number of nitrogens with zero attached hydrogens (tertiary/aromatic N) is 1. The molecule has 0 heterocycles. The van der Waals surface area contributed by atoms with E-state index in [0.717, 1.165) is 5.56 Å². The predicted molar refractivity (Wildman–Crippen MR) is 59.4 cm³/mol. The second-order valence-electron chi connectivity index (χ2n) is 4.03. The molecule has 0 amide bonds. The Balaban J connectivity index is 2.83. The summed E-state index contributed by atoms with van der Waals surface area (Å²) in [7, 11) is 2.10. The number of hydrogen-bond donors (Lipinski definition) is 1. The van der Waals surface area contributed by atoms with E-state index in [-0.39, 0.29) is 0 Å². The maximum atomic E-state index is 9.36. The zero-order chi connectivity index (χ0) is 10.7. The molecule has 0 fully saturated rings. The first-order chi connectivity index (χ1) is 6.52. The Hall–Kier alpha value is -1.02. The summed E-state index contributed by atoms with van der Waals surface area (Å²) in [5.41, 5.74) is 1.15. The molecule has 0 aliphatic heterocycles. The number of aromatic hydroxyl groups is 1. The van der Waals surface area contributed by atoms with Crippen LogP contribution in [0.25, 0.3) is 0 Å². The summed E-state index contributed by atoms with van der Waals surface area (Å²) in [5, 5.41) is 9.36. The Kier molecular flexibility index (Phi) is 3.53. The molecule has 1 atom stereocenters. The second kappa shape index (κ2) is 4.47. The molecular weight excluding hydrogens is 174 g/mol. The smallest absolute Gasteiger partial charge is 0.115 e. The lowest BCUT2D eigenvalue weighted by atomic mass is 10.1. The highest BCUT2D eigenvalue weighted by Crippen LogP contribution is 2.23. The first-order valence-electron chi connectivity index (χ1n) is 5.03. The molecule has 0 radical (unpaired) electrons. The van der Waals surface area contributed by atoms with Gasteiger partial charge in [0.15, 0.2) is 0 Å². The van der Waals surface area contributed by atoms with Gasteiger partial charge in [-0.25, -0.2) is 0 Å². The van der Waals surface area contributed by atoms with E-state index in [1.807, 2.05) is 18.2 Å². The zero-order valence-corrected chi connectivity index (χ0v) is 9.36. The molecule has 0 spiro atoms. The highest BCUT2D eigenvalue weighted by molar-refractivity contribution is 5.29. The van der Waals surface area contributed by atoms with Gasteiger partial charge in [0.25, 0.3) is 0 Å². The molecule has 0 saturated carbocycles. The third kappa shape index (κ3) is 2.48. The van der Waals surface area contributed by atoms with E-state index in [1.54, 1.807) is 6.07 Å². The van der Waals surface area contributed by atoms with Crippen LogP contribution in [0.3, 0.4) is 0 Å². The lowest BCUT2D eigenvalue weighted by Gasteiger charge is -2.28. The van der Waals surface area contributed by atoms with Crippen molar-refractivity contribution in [1.82, 2.24) is 4.90 Å². The fourth-order valence-electron chi connectivity index (χ4n) is 1.47. The van der Waals surface area contributed by atoms with Gasteiger partial charge < -0.3 is 5.11 Å². The molecule has 1 rings (SSSR count). The monoisotopic (exact) mass is 193 g/mol. The van der Waals surface area contributed by atoms with Crippen molar-refractivity contribution in [2.75, 3.05) is 7.05 Å². The van der Waals surface area contributed by atoms with Gasteiger partial charge in [-0.1, -0.05) is 12.1 Å². The SMILES string of the molecule is CC(C)N(C)C(C)c1cccc(O)c1. The maximum Gasteiger partial charge on any atom is 0.115 e. The van der Waals surface area contributed by atoms with Crippen LogP contribution in [0, 0.1) is 0 Å². The van der Waals surface area contributed by atoms with Gasteiger partial charge in [-0.15, -0.1) is 0 Å². The maximum absolute atomic E-state index is 9.36. The standard InChI is InChI=1S/C12H19NO/c1-9(2)13(4)10(3)11-6-5-7-12(14)8-11/h5-10,14H,1-4H3. The van der Waals surface area contributed by atoms with Crippen molar-refractivity contribution in [2.45, 2.75) is 32.9 Å². The van der Waals surface area contributed by atoms with E-state index in [0.29, 0.717) is 17.8 Å². The van der Waals surface area contributed by atoms with Crippen molar-refractivity contribution in [2.24, 2.45) is 0 Å². The average molecular weight is 193 g/mol. The van der Waals surface area contributed by atoms with Gasteiger partial charge in [0.2, 0.25) is 0 Å². The van der Waals surface area contributed by atoms with E-state index in [9.17, 15) is 5.11 Å². The molecule has 78 valence electrons. The summed E-state index contributed by atoms with van der Waals surface area (Å²) >= 11 is 0. The Morgan fingerprint density at radius 3 is 2.36 bits per heavy atom. The summed E-state index contributed by atoms with van der Waals surface area (Å²) in [5.74, 6) is 0.339. The van der Waals surface area contributed by atoms with Gasteiger partial charge in [-0.05, 0) is 45.5 Å². The van der Waals surface area contributed by atoms with Gasteiger partial charge >= 0.3 is 0 Å². The molecule has 1 N–H and O–H groups in total. The Morgan fingerprint density at radius 2 is 1.86 bits per heavy atom. The second-order valence-corrected chi connectivity index (χ2v) is 4.03. The van der Waals surface area contributed by atoms with Crippen LogP contribution in [0.1, 0.15) is 32.4 Å². The fraction of sp³-hybridized carbons (Fsp3) is 0.500. The lowest BCUT2D eigenvalue weighted by Crippen LogP contribution is -2.29. The first-order valence-corrected chi connectivity index (χ1v) is 5.03. The molecule has 2 nitrogen and oxygen atoms in total. The normalized spacial score (nSPS) is 13.6. The zero-order valence-electron chi connectivity index (χ0n) is 9.36. The van der Waals surface area contributed by atoms with Crippen molar-refractivity contribution in [3.8, 4) is 5.75 Å². The first kappa shape index (κ1) is 11.1. The number of benzene rings is 1. The quantitative estimate of drug-likeness (QED) is 0.798. The lowest BCUT2D eigenvalue weighted by molar-refractivity contribution is 0.210. The Labute approximate surface area is 86.2 Å². The molecule has 0 aromatic heterocycles. The molecule has 1 unspecified atom stereocenters. The molecule has 14 heavy (non-hydrogen) atoms. The minimum Gasteiger partial charge on any atom is -0.508 e. The van der Waals surface area contributed by atoms with Gasteiger partial charge in [0.05, 0.1) is 0 Å². The largest absolute Gasteiger partial charge is 0.508 e.